The fourth-order valence-corrected chi connectivity index (χ4v) is 2.28. The van der Waals surface area contributed by atoms with Gasteiger partial charge in [-0.25, -0.2) is 0 Å². The van der Waals surface area contributed by atoms with Gasteiger partial charge in [0.1, 0.15) is 0 Å². The van der Waals surface area contributed by atoms with Crippen LogP contribution in [0.4, 0.5) is 0 Å². The number of rotatable bonds is 1. The number of nitrogens with zero attached hydrogens (tertiary/aromatic N) is 1. The first kappa shape index (κ1) is 9.29. The van der Waals surface area contributed by atoms with Crippen molar-refractivity contribution in [1.82, 2.24) is 4.90 Å². The largest absolute Gasteiger partial charge is 0.343 e. The van der Waals surface area contributed by atoms with Crippen LogP contribution >= 0.6 is 22.6 Å². The molecule has 0 unspecified atom stereocenters. The average molecular weight is 267 g/mol. The van der Waals surface area contributed by atoms with Crippen LogP contribution in [0.1, 0.15) is 19.8 Å². The summed E-state index contributed by atoms with van der Waals surface area (Å²) < 4.78 is 1.24. The molecule has 1 saturated heterocycles. The van der Waals surface area contributed by atoms with Gasteiger partial charge in [0.25, 0.3) is 0 Å². The molecule has 0 aliphatic carbocycles. The topological polar surface area (TPSA) is 20.3 Å². The van der Waals surface area contributed by atoms with Crippen molar-refractivity contribution < 1.29 is 4.79 Å². The Morgan fingerprint density at radius 1 is 1.55 bits per heavy atom. The van der Waals surface area contributed by atoms with E-state index in [4.69, 9.17) is 0 Å². The third kappa shape index (κ3) is 2.61. The highest BCUT2D eigenvalue weighted by molar-refractivity contribution is 14.1. The second kappa shape index (κ2) is 4.28. The normalized spacial score (nSPS) is 20.4. The lowest BCUT2D eigenvalue weighted by molar-refractivity contribution is -0.130. The minimum atomic E-state index is 0.233. The molecular formula is C8H14INO. The van der Waals surface area contributed by atoms with E-state index in [-0.39, 0.29) is 5.91 Å². The zero-order chi connectivity index (χ0) is 8.27. The Bertz CT molecular complexity index is 141. The van der Waals surface area contributed by atoms with Crippen LogP contribution in [-0.4, -0.2) is 28.3 Å². The molecule has 64 valence electrons. The third-order valence-electron chi connectivity index (χ3n) is 2.28. The number of amides is 1. The molecule has 1 aliphatic heterocycles. The maximum absolute atomic E-state index is 10.9. The lowest BCUT2D eigenvalue weighted by Gasteiger charge is -2.30. The van der Waals surface area contributed by atoms with E-state index in [0.717, 1.165) is 19.0 Å². The van der Waals surface area contributed by atoms with E-state index >= 15 is 0 Å². The van der Waals surface area contributed by atoms with Crippen molar-refractivity contribution >= 4 is 28.5 Å². The van der Waals surface area contributed by atoms with E-state index in [1.807, 2.05) is 4.90 Å². The van der Waals surface area contributed by atoms with E-state index in [1.165, 1.54) is 17.3 Å². The first-order valence-electron chi connectivity index (χ1n) is 4.05. The SMILES string of the molecule is CC(=O)N1CCC(CI)CC1. The molecule has 0 radical (unpaired) electrons. The number of hydrogen-bond acceptors (Lipinski definition) is 1. The Labute approximate surface area is 81.5 Å². The molecule has 11 heavy (non-hydrogen) atoms. The number of likely N-dealkylation sites (tertiary alicyclic amines) is 1. The molecule has 1 fully saturated rings. The van der Waals surface area contributed by atoms with E-state index in [0.29, 0.717) is 0 Å². The van der Waals surface area contributed by atoms with Gasteiger partial charge in [0.2, 0.25) is 5.91 Å². The molecule has 1 amide bonds. The van der Waals surface area contributed by atoms with Crippen molar-refractivity contribution in [3.63, 3.8) is 0 Å². The van der Waals surface area contributed by atoms with E-state index in [2.05, 4.69) is 22.6 Å². The van der Waals surface area contributed by atoms with E-state index < -0.39 is 0 Å². The summed E-state index contributed by atoms with van der Waals surface area (Å²) in [6.07, 6.45) is 2.39. The number of carbonyl (C=O) groups excluding carboxylic acids is 1. The zero-order valence-corrected chi connectivity index (χ0v) is 9.00. The Hall–Kier alpha value is 0.200. The van der Waals surface area contributed by atoms with E-state index in [9.17, 15) is 4.79 Å². The van der Waals surface area contributed by atoms with Gasteiger partial charge in [-0.2, -0.15) is 0 Å². The summed E-state index contributed by atoms with van der Waals surface area (Å²) in [6.45, 7) is 3.61. The summed E-state index contributed by atoms with van der Waals surface area (Å²) in [4.78, 5) is 12.9. The predicted molar refractivity (Wildman–Crippen MR) is 53.9 cm³/mol. The molecule has 0 aromatic carbocycles. The van der Waals surface area contributed by atoms with Crippen LogP contribution in [0.15, 0.2) is 0 Å². The molecule has 0 bridgehead atoms. The molecular weight excluding hydrogens is 253 g/mol. The standard InChI is InChI=1S/C8H14INO/c1-7(11)10-4-2-8(6-9)3-5-10/h8H,2-6H2,1H3. The highest BCUT2D eigenvalue weighted by Gasteiger charge is 2.19. The smallest absolute Gasteiger partial charge is 0.219 e. The van der Waals surface area contributed by atoms with Crippen molar-refractivity contribution in [1.29, 1.82) is 0 Å². The number of carbonyl (C=O) groups is 1. The minimum absolute atomic E-state index is 0.233. The van der Waals surface area contributed by atoms with Crippen LogP contribution in [0.3, 0.4) is 0 Å². The molecule has 0 aromatic heterocycles. The van der Waals surface area contributed by atoms with Gasteiger partial charge in [-0.1, -0.05) is 22.6 Å². The van der Waals surface area contributed by atoms with Gasteiger partial charge in [-0.05, 0) is 18.8 Å². The monoisotopic (exact) mass is 267 g/mol. The molecule has 2 nitrogen and oxygen atoms in total. The second-order valence-corrected chi connectivity index (χ2v) is 3.98. The lowest BCUT2D eigenvalue weighted by atomic mass is 9.99. The maximum atomic E-state index is 10.9. The van der Waals surface area contributed by atoms with Crippen molar-refractivity contribution in [3.05, 3.63) is 0 Å². The molecule has 1 aliphatic rings. The summed E-state index contributed by atoms with van der Waals surface area (Å²) in [6, 6.07) is 0. The number of alkyl halides is 1. The zero-order valence-electron chi connectivity index (χ0n) is 6.85. The molecule has 1 rings (SSSR count). The van der Waals surface area contributed by atoms with Gasteiger partial charge in [-0.15, -0.1) is 0 Å². The predicted octanol–water partition coefficient (Wildman–Crippen LogP) is 1.68. The Morgan fingerprint density at radius 3 is 2.45 bits per heavy atom. The highest BCUT2D eigenvalue weighted by Crippen LogP contribution is 2.18. The highest BCUT2D eigenvalue weighted by atomic mass is 127. The van der Waals surface area contributed by atoms with Crippen LogP contribution in [-0.2, 0) is 4.79 Å². The molecule has 0 saturated carbocycles. The summed E-state index contributed by atoms with van der Waals surface area (Å²) in [5.74, 6) is 1.09. The molecule has 3 heteroatoms. The molecule has 0 atom stereocenters. The first-order valence-corrected chi connectivity index (χ1v) is 5.58. The van der Waals surface area contributed by atoms with Gasteiger partial charge >= 0.3 is 0 Å². The molecule has 0 N–H and O–H groups in total. The summed E-state index contributed by atoms with van der Waals surface area (Å²) in [5.41, 5.74) is 0. The Kier molecular flexibility index (Phi) is 3.62. The van der Waals surface area contributed by atoms with Crippen LogP contribution in [0, 0.1) is 5.92 Å². The Balaban J connectivity index is 2.30. The fraction of sp³-hybridized carbons (Fsp3) is 0.875. The molecule has 1 heterocycles. The number of halogens is 1. The van der Waals surface area contributed by atoms with Crippen molar-refractivity contribution in [2.45, 2.75) is 19.8 Å². The first-order chi connectivity index (χ1) is 5.24. The van der Waals surface area contributed by atoms with Crippen LogP contribution in [0.5, 0.6) is 0 Å². The maximum Gasteiger partial charge on any atom is 0.219 e. The van der Waals surface area contributed by atoms with Crippen LogP contribution in [0.25, 0.3) is 0 Å². The van der Waals surface area contributed by atoms with Crippen molar-refractivity contribution in [2.24, 2.45) is 5.92 Å². The lowest BCUT2D eigenvalue weighted by Crippen LogP contribution is -2.37. The van der Waals surface area contributed by atoms with E-state index in [1.54, 1.807) is 6.92 Å². The van der Waals surface area contributed by atoms with Gasteiger partial charge in [0.15, 0.2) is 0 Å². The van der Waals surface area contributed by atoms with Gasteiger partial charge in [0.05, 0.1) is 0 Å². The fourth-order valence-electron chi connectivity index (χ4n) is 1.40. The van der Waals surface area contributed by atoms with Crippen LogP contribution in [0.2, 0.25) is 0 Å². The van der Waals surface area contributed by atoms with Gasteiger partial charge < -0.3 is 4.90 Å². The quantitative estimate of drug-likeness (QED) is 0.523. The van der Waals surface area contributed by atoms with Crippen molar-refractivity contribution in [2.75, 3.05) is 17.5 Å². The third-order valence-corrected chi connectivity index (χ3v) is 3.52. The second-order valence-electron chi connectivity index (χ2n) is 3.10. The average Bonchev–Trinajstić information content (AvgIpc) is 2.05. The van der Waals surface area contributed by atoms with Gasteiger partial charge in [-0.3, -0.25) is 4.79 Å². The summed E-state index contributed by atoms with van der Waals surface area (Å²) in [7, 11) is 0. The van der Waals surface area contributed by atoms with Gasteiger partial charge in [0, 0.05) is 24.4 Å². The number of hydrogen-bond donors (Lipinski definition) is 0. The molecule has 0 spiro atoms. The Morgan fingerprint density at radius 2 is 2.09 bits per heavy atom. The summed E-state index contributed by atoms with van der Waals surface area (Å²) in [5, 5.41) is 0. The summed E-state index contributed by atoms with van der Waals surface area (Å²) >= 11 is 2.43. The number of piperidine rings is 1. The minimum Gasteiger partial charge on any atom is -0.343 e. The van der Waals surface area contributed by atoms with Crippen molar-refractivity contribution in [3.8, 4) is 0 Å². The van der Waals surface area contributed by atoms with Crippen LogP contribution < -0.4 is 0 Å². The molecule has 0 aromatic rings.